The summed E-state index contributed by atoms with van der Waals surface area (Å²) in [6, 6.07) is 27.2. The number of halogens is 1. The number of benzene rings is 4. The predicted molar refractivity (Wildman–Crippen MR) is 168 cm³/mol. The molecule has 1 atom stereocenters. The van der Waals surface area contributed by atoms with Gasteiger partial charge in [0.1, 0.15) is 5.70 Å². The molecule has 0 aliphatic carbocycles. The quantitative estimate of drug-likeness (QED) is 0.0993. The molecule has 1 aliphatic heterocycles. The van der Waals surface area contributed by atoms with Gasteiger partial charge in [-0.1, -0.05) is 41.9 Å². The third kappa shape index (κ3) is 7.20. The van der Waals surface area contributed by atoms with Crippen LogP contribution in [0.2, 0.25) is 5.02 Å². The first kappa shape index (κ1) is 30.2. The van der Waals surface area contributed by atoms with Crippen LogP contribution >= 0.6 is 23.4 Å². The van der Waals surface area contributed by atoms with Crippen molar-refractivity contribution in [1.29, 1.82) is 0 Å². The van der Waals surface area contributed by atoms with E-state index in [4.69, 9.17) is 11.6 Å². The minimum absolute atomic E-state index is 0.0148. The first-order valence-electron chi connectivity index (χ1n) is 13.2. The second-order valence-corrected chi connectivity index (χ2v) is 11.3. The van der Waals surface area contributed by atoms with Gasteiger partial charge < -0.3 is 10.6 Å². The molecule has 0 saturated carbocycles. The number of nitro benzene ring substituents is 1. The Hall–Kier alpha value is -5.26. The molecule has 0 aromatic heterocycles. The summed E-state index contributed by atoms with van der Waals surface area (Å²) < 4.78 is 0. The van der Waals surface area contributed by atoms with Crippen LogP contribution in [0.25, 0.3) is 6.08 Å². The molecule has 0 radical (unpaired) electrons. The highest BCUT2D eigenvalue weighted by Gasteiger charge is 2.40. The molecule has 2 N–H and O–H groups in total. The molecule has 44 heavy (non-hydrogen) atoms. The number of hydrogen-bond acceptors (Lipinski definition) is 7. The lowest BCUT2D eigenvalue weighted by molar-refractivity contribution is -0.384. The number of nitro groups is 1. The average Bonchev–Trinajstić information content (AvgIpc) is 3.30. The lowest BCUT2D eigenvalue weighted by Crippen LogP contribution is -2.31. The Morgan fingerprint density at radius 1 is 0.909 bits per heavy atom. The van der Waals surface area contributed by atoms with Crippen LogP contribution in [0.4, 0.5) is 17.1 Å². The summed E-state index contributed by atoms with van der Waals surface area (Å²) in [6.07, 6.45) is 1.51. The molecule has 1 unspecified atom stereocenters. The van der Waals surface area contributed by atoms with Crippen LogP contribution in [-0.4, -0.2) is 33.8 Å². The van der Waals surface area contributed by atoms with Gasteiger partial charge in [-0.25, -0.2) is 4.90 Å². The Kier molecular flexibility index (Phi) is 9.17. The van der Waals surface area contributed by atoms with Crippen LogP contribution in [0.3, 0.4) is 0 Å². The van der Waals surface area contributed by atoms with Crippen LogP contribution in [0, 0.1) is 10.1 Å². The van der Waals surface area contributed by atoms with Crippen molar-refractivity contribution in [2.75, 3.05) is 10.2 Å². The highest BCUT2D eigenvalue weighted by molar-refractivity contribution is 8.00. The van der Waals surface area contributed by atoms with Crippen LogP contribution in [0.15, 0.2) is 114 Å². The zero-order chi connectivity index (χ0) is 31.2. The smallest absolute Gasteiger partial charge is 0.272 e. The Balaban J connectivity index is 1.26. The van der Waals surface area contributed by atoms with E-state index in [1.54, 1.807) is 78.9 Å². The molecule has 1 aliphatic rings. The zero-order valence-electron chi connectivity index (χ0n) is 22.8. The summed E-state index contributed by atoms with van der Waals surface area (Å²) in [5, 5.41) is 16.2. The monoisotopic (exact) mass is 626 g/mol. The highest BCUT2D eigenvalue weighted by atomic mass is 35.5. The fourth-order valence-corrected chi connectivity index (χ4v) is 5.52. The summed E-state index contributed by atoms with van der Waals surface area (Å²) in [5.41, 5.74) is 1.62. The molecule has 4 aromatic rings. The number of hydrogen-bond donors (Lipinski definition) is 2. The number of non-ortho nitro benzene ring substituents is 1. The van der Waals surface area contributed by atoms with Gasteiger partial charge in [0.2, 0.25) is 11.8 Å². The van der Waals surface area contributed by atoms with Gasteiger partial charge in [-0.15, -0.1) is 11.8 Å². The van der Waals surface area contributed by atoms with E-state index in [2.05, 4.69) is 10.6 Å². The third-order valence-corrected chi connectivity index (χ3v) is 7.97. The van der Waals surface area contributed by atoms with E-state index in [1.807, 2.05) is 0 Å². The van der Waals surface area contributed by atoms with E-state index in [-0.39, 0.29) is 23.5 Å². The van der Waals surface area contributed by atoms with E-state index >= 15 is 0 Å². The van der Waals surface area contributed by atoms with Crippen LogP contribution < -0.4 is 15.5 Å². The molecule has 4 aromatic carbocycles. The lowest BCUT2D eigenvalue weighted by atomic mass is 10.1. The summed E-state index contributed by atoms with van der Waals surface area (Å²) in [6.45, 7) is 0. The predicted octanol–water partition coefficient (Wildman–Crippen LogP) is 6.08. The zero-order valence-corrected chi connectivity index (χ0v) is 24.4. The Morgan fingerprint density at radius 2 is 1.57 bits per heavy atom. The molecular weight excluding hydrogens is 604 g/mol. The Morgan fingerprint density at radius 3 is 2.20 bits per heavy atom. The van der Waals surface area contributed by atoms with Gasteiger partial charge in [0.15, 0.2) is 0 Å². The maximum Gasteiger partial charge on any atom is 0.272 e. The number of imide groups is 1. The van der Waals surface area contributed by atoms with Crippen molar-refractivity contribution in [3.05, 3.63) is 135 Å². The molecule has 10 nitrogen and oxygen atoms in total. The van der Waals surface area contributed by atoms with Gasteiger partial charge in [-0.05, 0) is 72.3 Å². The minimum Gasteiger partial charge on any atom is -0.321 e. The van der Waals surface area contributed by atoms with Gasteiger partial charge in [0.25, 0.3) is 17.5 Å². The molecule has 12 heteroatoms. The molecule has 220 valence electrons. The summed E-state index contributed by atoms with van der Waals surface area (Å²) in [4.78, 5) is 63.9. The summed E-state index contributed by atoms with van der Waals surface area (Å²) in [5.74, 6) is -1.83. The maximum absolute atomic E-state index is 13.3. The van der Waals surface area contributed by atoms with Crippen LogP contribution in [0.1, 0.15) is 22.3 Å². The van der Waals surface area contributed by atoms with E-state index in [0.29, 0.717) is 26.7 Å². The van der Waals surface area contributed by atoms with Crippen molar-refractivity contribution in [2.45, 2.75) is 16.6 Å². The second kappa shape index (κ2) is 13.4. The van der Waals surface area contributed by atoms with Gasteiger partial charge in [0, 0.05) is 39.7 Å². The average molecular weight is 627 g/mol. The fraction of sp³-hybridized carbons (Fsp3) is 0.0625. The summed E-state index contributed by atoms with van der Waals surface area (Å²) >= 11 is 7.18. The number of carbonyl (C=O) groups is 4. The molecule has 4 amide bonds. The molecule has 0 spiro atoms. The SMILES string of the molecule is O=C(Nc1ccc(SC2CC(=O)N(c3ccc([N+](=O)[O-])cc3)C2=O)cc1)/C(=C/c1ccc(Cl)cc1)NC(=O)c1ccccc1. The van der Waals surface area contributed by atoms with E-state index in [1.165, 1.54) is 42.1 Å². The molecule has 5 rings (SSSR count). The van der Waals surface area contributed by atoms with Crippen LogP contribution in [0.5, 0.6) is 0 Å². The number of thioether (sulfide) groups is 1. The van der Waals surface area contributed by atoms with Crippen molar-refractivity contribution < 1.29 is 24.1 Å². The lowest BCUT2D eigenvalue weighted by Gasteiger charge is -2.15. The molecular formula is C32H23ClN4O6S. The van der Waals surface area contributed by atoms with Crippen molar-refractivity contribution >= 4 is 70.1 Å². The number of rotatable bonds is 9. The Bertz CT molecular complexity index is 1760. The standard InChI is InChI=1S/C32H23ClN4O6S/c33-22-8-6-20(7-9-22)18-27(35-30(39)21-4-2-1-3-5-21)31(40)34-23-10-16-26(17-11-23)44-28-19-29(38)36(32(28)41)24-12-14-25(15-13-24)37(42)43/h1-18,28H,19H2,(H,34,40)(H,35,39)/b27-18-. The Labute approximate surface area is 260 Å². The first-order chi connectivity index (χ1) is 21.2. The fourth-order valence-electron chi connectivity index (χ4n) is 4.34. The van der Waals surface area contributed by atoms with E-state index < -0.39 is 33.8 Å². The largest absolute Gasteiger partial charge is 0.321 e. The van der Waals surface area contributed by atoms with Crippen molar-refractivity contribution in [2.24, 2.45) is 0 Å². The van der Waals surface area contributed by atoms with Crippen molar-refractivity contribution in [3.63, 3.8) is 0 Å². The number of carbonyl (C=O) groups excluding carboxylic acids is 4. The van der Waals surface area contributed by atoms with Crippen molar-refractivity contribution in [1.82, 2.24) is 5.32 Å². The number of amides is 4. The molecule has 1 saturated heterocycles. The van der Waals surface area contributed by atoms with Gasteiger partial charge >= 0.3 is 0 Å². The normalized spacial score (nSPS) is 14.8. The van der Waals surface area contributed by atoms with E-state index in [9.17, 15) is 29.3 Å². The maximum atomic E-state index is 13.3. The second-order valence-electron chi connectivity index (χ2n) is 9.56. The number of anilines is 2. The van der Waals surface area contributed by atoms with Gasteiger partial charge in [-0.2, -0.15) is 0 Å². The topological polar surface area (TPSA) is 139 Å². The number of nitrogens with one attached hydrogen (secondary N) is 2. The molecule has 1 heterocycles. The van der Waals surface area contributed by atoms with E-state index in [0.717, 1.165) is 4.90 Å². The van der Waals surface area contributed by atoms with Gasteiger partial charge in [0.05, 0.1) is 15.9 Å². The number of nitrogens with zero attached hydrogens (tertiary/aromatic N) is 2. The third-order valence-electron chi connectivity index (χ3n) is 6.52. The highest BCUT2D eigenvalue weighted by Crippen LogP contribution is 2.35. The summed E-state index contributed by atoms with van der Waals surface area (Å²) in [7, 11) is 0. The van der Waals surface area contributed by atoms with Crippen LogP contribution in [-0.2, 0) is 14.4 Å². The minimum atomic E-state index is -0.680. The first-order valence-corrected chi connectivity index (χ1v) is 14.5. The molecule has 0 bridgehead atoms. The van der Waals surface area contributed by atoms with Gasteiger partial charge in [-0.3, -0.25) is 29.3 Å². The molecule has 1 fully saturated rings. The van der Waals surface area contributed by atoms with Crippen molar-refractivity contribution in [3.8, 4) is 0 Å².